The standard InChI is InChI=1S/C18H30O7/c1-10(2)18(22-7)17(6)13(11(8-19)24-15(17)21)12(25-18)9-23-14(20)16(3,4)5/h10-13,19H,8-9H2,1-7H3/t11-,12+,13+,17-,18-/m1/s1. The first kappa shape index (κ1) is 20.1. The van der Waals surface area contributed by atoms with Gasteiger partial charge in [0.05, 0.1) is 12.0 Å². The summed E-state index contributed by atoms with van der Waals surface area (Å²) < 4.78 is 22.7. The Kier molecular flexibility index (Phi) is 5.25. The Morgan fingerprint density at radius 1 is 1.32 bits per heavy atom. The number of methoxy groups -OCH3 is 1. The number of fused-ring (bicyclic) bond motifs is 1. The molecule has 0 aromatic carbocycles. The van der Waals surface area contributed by atoms with E-state index < -0.39 is 40.7 Å². The first-order chi connectivity index (χ1) is 11.5. The zero-order valence-electron chi connectivity index (χ0n) is 16.1. The van der Waals surface area contributed by atoms with Gasteiger partial charge in [-0.1, -0.05) is 13.8 Å². The SMILES string of the molecule is CO[C@]1(C(C)C)O[C@@H](COC(=O)C(C)(C)C)[C@@H]2[C@@H](CO)OC(=O)[C@@]21C. The Hall–Kier alpha value is -1.18. The molecule has 2 heterocycles. The van der Waals surface area contributed by atoms with Gasteiger partial charge in [0.2, 0.25) is 0 Å². The molecule has 0 radical (unpaired) electrons. The smallest absolute Gasteiger partial charge is 0.318 e. The van der Waals surface area contributed by atoms with Gasteiger partial charge < -0.3 is 24.1 Å². The fourth-order valence-electron chi connectivity index (χ4n) is 4.14. The second kappa shape index (κ2) is 6.52. The van der Waals surface area contributed by atoms with Gasteiger partial charge in [0.1, 0.15) is 24.2 Å². The van der Waals surface area contributed by atoms with Crippen molar-refractivity contribution in [3.63, 3.8) is 0 Å². The molecule has 1 N–H and O–H groups in total. The van der Waals surface area contributed by atoms with E-state index in [1.807, 2.05) is 13.8 Å². The summed E-state index contributed by atoms with van der Waals surface area (Å²) in [6.07, 6.45) is -1.33. The molecule has 25 heavy (non-hydrogen) atoms. The third kappa shape index (κ3) is 2.86. The van der Waals surface area contributed by atoms with Crippen molar-refractivity contribution < 1.29 is 33.6 Å². The van der Waals surface area contributed by atoms with Crippen LogP contribution in [0.25, 0.3) is 0 Å². The van der Waals surface area contributed by atoms with E-state index in [4.69, 9.17) is 18.9 Å². The number of esters is 2. The van der Waals surface area contributed by atoms with E-state index in [1.165, 1.54) is 7.11 Å². The number of cyclic esters (lactones) is 1. The number of rotatable bonds is 5. The summed E-state index contributed by atoms with van der Waals surface area (Å²) in [6, 6.07) is 0. The second-order valence-corrected chi connectivity index (χ2v) is 8.39. The van der Waals surface area contributed by atoms with Crippen molar-refractivity contribution in [2.75, 3.05) is 20.3 Å². The van der Waals surface area contributed by atoms with Gasteiger partial charge in [-0.3, -0.25) is 9.59 Å². The molecule has 0 aromatic heterocycles. The van der Waals surface area contributed by atoms with E-state index in [0.717, 1.165) is 0 Å². The summed E-state index contributed by atoms with van der Waals surface area (Å²) in [7, 11) is 1.49. The molecular formula is C18H30O7. The van der Waals surface area contributed by atoms with Crippen LogP contribution >= 0.6 is 0 Å². The average molecular weight is 358 g/mol. The molecule has 2 aliphatic rings. The first-order valence-electron chi connectivity index (χ1n) is 8.67. The molecule has 0 aliphatic carbocycles. The normalized spacial score (nSPS) is 38.0. The molecule has 0 bridgehead atoms. The van der Waals surface area contributed by atoms with Crippen LogP contribution in [0.5, 0.6) is 0 Å². The van der Waals surface area contributed by atoms with Crippen LogP contribution in [0.4, 0.5) is 0 Å². The molecule has 144 valence electrons. The molecule has 0 saturated carbocycles. The van der Waals surface area contributed by atoms with Crippen molar-refractivity contribution in [3.05, 3.63) is 0 Å². The zero-order chi connectivity index (χ0) is 19.2. The molecule has 5 atom stereocenters. The van der Waals surface area contributed by atoms with Crippen LogP contribution in [0, 0.1) is 22.7 Å². The predicted molar refractivity (Wildman–Crippen MR) is 88.4 cm³/mol. The summed E-state index contributed by atoms with van der Waals surface area (Å²) in [5.41, 5.74) is -1.74. The maximum absolute atomic E-state index is 12.7. The summed E-state index contributed by atoms with van der Waals surface area (Å²) in [4.78, 5) is 24.8. The highest BCUT2D eigenvalue weighted by atomic mass is 16.7. The van der Waals surface area contributed by atoms with Gasteiger partial charge in [0.15, 0.2) is 5.79 Å². The highest BCUT2D eigenvalue weighted by molar-refractivity contribution is 5.81. The van der Waals surface area contributed by atoms with E-state index in [1.54, 1.807) is 27.7 Å². The predicted octanol–water partition coefficient (Wildman–Crippen LogP) is 1.51. The third-order valence-electron chi connectivity index (χ3n) is 5.43. The minimum atomic E-state index is -1.21. The van der Waals surface area contributed by atoms with Crippen molar-refractivity contribution in [2.45, 2.75) is 59.5 Å². The lowest BCUT2D eigenvalue weighted by atomic mass is 9.67. The number of carbonyl (C=O) groups is 2. The number of aliphatic hydroxyl groups is 1. The van der Waals surface area contributed by atoms with Crippen molar-refractivity contribution in [3.8, 4) is 0 Å². The van der Waals surface area contributed by atoms with Crippen LogP contribution in [0.2, 0.25) is 0 Å². The highest BCUT2D eigenvalue weighted by Crippen LogP contribution is 2.59. The lowest BCUT2D eigenvalue weighted by Crippen LogP contribution is -2.54. The van der Waals surface area contributed by atoms with Gasteiger partial charge in [-0.05, 0) is 27.7 Å². The van der Waals surface area contributed by atoms with Crippen molar-refractivity contribution in [1.29, 1.82) is 0 Å². The monoisotopic (exact) mass is 358 g/mol. The van der Waals surface area contributed by atoms with E-state index in [-0.39, 0.29) is 25.1 Å². The molecule has 0 unspecified atom stereocenters. The van der Waals surface area contributed by atoms with Crippen molar-refractivity contribution in [2.24, 2.45) is 22.7 Å². The maximum atomic E-state index is 12.7. The lowest BCUT2D eigenvalue weighted by molar-refractivity contribution is -0.279. The summed E-state index contributed by atoms with van der Waals surface area (Å²) in [5.74, 6) is -2.66. The van der Waals surface area contributed by atoms with Gasteiger partial charge in [-0.15, -0.1) is 0 Å². The second-order valence-electron chi connectivity index (χ2n) is 8.39. The van der Waals surface area contributed by atoms with Crippen LogP contribution in [0.3, 0.4) is 0 Å². The van der Waals surface area contributed by atoms with Crippen molar-refractivity contribution in [1.82, 2.24) is 0 Å². The third-order valence-corrected chi connectivity index (χ3v) is 5.43. The van der Waals surface area contributed by atoms with Crippen LogP contribution < -0.4 is 0 Å². The van der Waals surface area contributed by atoms with Crippen LogP contribution in [-0.4, -0.2) is 55.4 Å². The molecule has 2 aliphatic heterocycles. The van der Waals surface area contributed by atoms with Gasteiger partial charge >= 0.3 is 11.9 Å². The van der Waals surface area contributed by atoms with Crippen molar-refractivity contribution >= 4 is 11.9 Å². The van der Waals surface area contributed by atoms with Gasteiger partial charge in [-0.2, -0.15) is 0 Å². The first-order valence-corrected chi connectivity index (χ1v) is 8.67. The van der Waals surface area contributed by atoms with Gasteiger partial charge in [-0.25, -0.2) is 0 Å². The van der Waals surface area contributed by atoms with Gasteiger partial charge in [0, 0.05) is 18.9 Å². The Balaban J connectivity index is 2.36. The molecule has 7 nitrogen and oxygen atoms in total. The molecule has 2 fully saturated rings. The molecule has 2 saturated heterocycles. The van der Waals surface area contributed by atoms with Crippen LogP contribution in [0.1, 0.15) is 41.5 Å². The lowest BCUT2D eigenvalue weighted by Gasteiger charge is -2.40. The number of carbonyl (C=O) groups excluding carboxylic acids is 2. The molecule has 0 aromatic rings. The molecular weight excluding hydrogens is 328 g/mol. The largest absolute Gasteiger partial charge is 0.463 e. The number of hydrogen-bond donors (Lipinski definition) is 1. The fraction of sp³-hybridized carbons (Fsp3) is 0.889. The Morgan fingerprint density at radius 3 is 2.36 bits per heavy atom. The molecule has 0 amide bonds. The molecule has 7 heteroatoms. The number of hydrogen-bond acceptors (Lipinski definition) is 7. The number of ether oxygens (including phenoxy) is 4. The van der Waals surface area contributed by atoms with E-state index in [0.29, 0.717) is 0 Å². The fourth-order valence-corrected chi connectivity index (χ4v) is 4.14. The average Bonchev–Trinajstić information content (AvgIpc) is 2.94. The van der Waals surface area contributed by atoms with Crippen LogP contribution in [-0.2, 0) is 28.5 Å². The van der Waals surface area contributed by atoms with E-state index in [9.17, 15) is 14.7 Å². The molecule has 0 spiro atoms. The summed E-state index contributed by atoms with van der Waals surface area (Å²) >= 11 is 0. The summed E-state index contributed by atoms with van der Waals surface area (Å²) in [6.45, 7) is 10.5. The molecule has 2 rings (SSSR count). The topological polar surface area (TPSA) is 91.3 Å². The van der Waals surface area contributed by atoms with E-state index >= 15 is 0 Å². The maximum Gasteiger partial charge on any atom is 0.318 e. The summed E-state index contributed by atoms with van der Waals surface area (Å²) in [5, 5.41) is 9.67. The zero-order valence-corrected chi connectivity index (χ0v) is 16.1. The Morgan fingerprint density at radius 2 is 1.92 bits per heavy atom. The minimum Gasteiger partial charge on any atom is -0.463 e. The minimum absolute atomic E-state index is 0.0265. The highest BCUT2D eigenvalue weighted by Gasteiger charge is 2.75. The Labute approximate surface area is 149 Å². The Bertz CT molecular complexity index is 538. The van der Waals surface area contributed by atoms with Crippen LogP contribution in [0.15, 0.2) is 0 Å². The quantitative estimate of drug-likeness (QED) is 0.745. The van der Waals surface area contributed by atoms with Gasteiger partial charge in [0.25, 0.3) is 0 Å². The van der Waals surface area contributed by atoms with E-state index in [2.05, 4.69) is 0 Å². The number of aliphatic hydroxyl groups excluding tert-OH is 1.